The summed E-state index contributed by atoms with van der Waals surface area (Å²) in [5.74, 6) is -0.686. The minimum absolute atomic E-state index is 0.0439. The molecule has 2 aliphatic rings. The van der Waals surface area contributed by atoms with Crippen LogP contribution in [-0.4, -0.2) is 16.0 Å². The second-order valence-corrected chi connectivity index (χ2v) is 7.59. The van der Waals surface area contributed by atoms with Crippen LogP contribution in [-0.2, 0) is 6.42 Å². The molecule has 29 heavy (non-hydrogen) atoms. The highest BCUT2D eigenvalue weighted by Gasteiger charge is 2.44. The molecule has 0 radical (unpaired) electrons. The number of anilines is 1. The molecular weight excluding hydrogens is 368 g/mol. The minimum Gasteiger partial charge on any atom is -0.478 e. The highest BCUT2D eigenvalue weighted by Crippen LogP contribution is 2.54. The van der Waals surface area contributed by atoms with Gasteiger partial charge >= 0.3 is 5.97 Å². The standard InChI is InChI=1S/C23H18N2O4/c26-23(27)18-7-3-6-17-20-16-5-2-1-4-14(16)12-19(20)21(24-22(17)18)13-8-10-15(11-9-13)25(28)29/h1-11,19-21,24H,12H2,(H,26,27)/t19-,20+,21-/m1/s1. The van der Waals surface area contributed by atoms with Gasteiger partial charge in [-0.25, -0.2) is 4.79 Å². The van der Waals surface area contributed by atoms with Crippen LogP contribution in [0.1, 0.15) is 44.6 Å². The minimum atomic E-state index is -0.971. The van der Waals surface area contributed by atoms with Gasteiger partial charge in [0.2, 0.25) is 0 Å². The average Bonchev–Trinajstić information content (AvgIpc) is 3.12. The zero-order valence-electron chi connectivity index (χ0n) is 15.4. The first-order chi connectivity index (χ1) is 14.0. The van der Waals surface area contributed by atoms with E-state index in [1.807, 2.05) is 18.2 Å². The molecular formula is C23H18N2O4. The van der Waals surface area contributed by atoms with Gasteiger partial charge in [-0.15, -0.1) is 0 Å². The number of nitro groups is 1. The predicted octanol–water partition coefficient (Wildman–Crippen LogP) is 4.76. The van der Waals surface area contributed by atoms with Gasteiger partial charge in [-0.05, 0) is 40.7 Å². The third-order valence-electron chi connectivity index (χ3n) is 6.13. The van der Waals surface area contributed by atoms with E-state index in [2.05, 4.69) is 17.4 Å². The van der Waals surface area contributed by atoms with E-state index in [0.29, 0.717) is 5.69 Å². The molecule has 1 aliphatic heterocycles. The van der Waals surface area contributed by atoms with Gasteiger partial charge in [0.25, 0.3) is 5.69 Å². The van der Waals surface area contributed by atoms with Crippen LogP contribution in [0.5, 0.6) is 0 Å². The lowest BCUT2D eigenvalue weighted by Crippen LogP contribution is -2.31. The van der Waals surface area contributed by atoms with Crippen molar-refractivity contribution in [3.8, 4) is 0 Å². The summed E-state index contributed by atoms with van der Waals surface area (Å²) in [7, 11) is 0. The lowest BCUT2D eigenvalue weighted by molar-refractivity contribution is -0.384. The molecule has 0 saturated heterocycles. The maximum absolute atomic E-state index is 11.9. The number of nitrogens with zero attached hydrogens (tertiary/aromatic N) is 1. The van der Waals surface area contributed by atoms with Crippen molar-refractivity contribution < 1.29 is 14.8 Å². The topological polar surface area (TPSA) is 92.5 Å². The first kappa shape index (κ1) is 17.4. The third-order valence-corrected chi connectivity index (χ3v) is 6.13. The van der Waals surface area contributed by atoms with E-state index >= 15 is 0 Å². The number of nitrogens with one attached hydrogen (secondary N) is 1. The number of carboxylic acids is 1. The molecule has 0 saturated carbocycles. The van der Waals surface area contributed by atoms with Gasteiger partial charge in [0.15, 0.2) is 0 Å². The Kier molecular flexibility index (Phi) is 3.87. The second kappa shape index (κ2) is 6.44. The van der Waals surface area contributed by atoms with Gasteiger partial charge in [0.1, 0.15) is 0 Å². The Balaban J connectivity index is 1.67. The molecule has 0 spiro atoms. The number of nitro benzene ring substituents is 1. The zero-order chi connectivity index (χ0) is 20.1. The third kappa shape index (κ3) is 2.68. The SMILES string of the molecule is O=C(O)c1cccc2c1N[C@H](c1ccc([N+](=O)[O-])cc1)[C@@H]1Cc3ccccc3[C@@H]21. The van der Waals surface area contributed by atoms with E-state index in [-0.39, 0.29) is 29.1 Å². The molecule has 3 aromatic rings. The molecule has 6 heteroatoms. The lowest BCUT2D eigenvalue weighted by atomic mass is 9.75. The number of hydrogen-bond donors (Lipinski definition) is 2. The van der Waals surface area contributed by atoms with E-state index in [9.17, 15) is 20.0 Å². The number of fused-ring (bicyclic) bond motifs is 5. The average molecular weight is 386 g/mol. The van der Waals surface area contributed by atoms with Gasteiger partial charge in [-0.3, -0.25) is 10.1 Å². The molecule has 1 aliphatic carbocycles. The molecule has 2 N–H and O–H groups in total. The number of rotatable bonds is 3. The highest BCUT2D eigenvalue weighted by molar-refractivity contribution is 5.96. The Morgan fingerprint density at radius 2 is 1.72 bits per heavy atom. The largest absolute Gasteiger partial charge is 0.478 e. The Hall–Kier alpha value is -3.67. The number of aromatic carboxylic acids is 1. The Bertz CT molecular complexity index is 1140. The van der Waals surface area contributed by atoms with Crippen LogP contribution in [0.3, 0.4) is 0 Å². The first-order valence-electron chi connectivity index (χ1n) is 9.49. The monoisotopic (exact) mass is 386 g/mol. The molecule has 0 amide bonds. The van der Waals surface area contributed by atoms with Crippen molar-refractivity contribution in [2.45, 2.75) is 18.4 Å². The zero-order valence-corrected chi connectivity index (χ0v) is 15.4. The van der Waals surface area contributed by atoms with Gasteiger partial charge in [-0.2, -0.15) is 0 Å². The summed E-state index contributed by atoms with van der Waals surface area (Å²) in [5, 5.41) is 24.2. The van der Waals surface area contributed by atoms with Gasteiger partial charge in [0, 0.05) is 18.1 Å². The molecule has 3 aromatic carbocycles. The molecule has 1 heterocycles. The van der Waals surface area contributed by atoms with Crippen molar-refractivity contribution in [2.24, 2.45) is 5.92 Å². The molecule has 0 unspecified atom stereocenters. The number of carbonyl (C=O) groups is 1. The Labute approximate surface area is 167 Å². The van der Waals surface area contributed by atoms with E-state index in [4.69, 9.17) is 0 Å². The lowest BCUT2D eigenvalue weighted by Gasteiger charge is -2.38. The summed E-state index contributed by atoms with van der Waals surface area (Å²) in [6, 6.07) is 20.1. The molecule has 0 fully saturated rings. The van der Waals surface area contributed by atoms with Crippen molar-refractivity contribution >= 4 is 17.3 Å². The van der Waals surface area contributed by atoms with Crippen molar-refractivity contribution in [3.05, 3.63) is 105 Å². The fourth-order valence-electron chi connectivity index (χ4n) is 4.90. The van der Waals surface area contributed by atoms with Crippen molar-refractivity contribution in [1.82, 2.24) is 0 Å². The molecule has 3 atom stereocenters. The van der Waals surface area contributed by atoms with Crippen molar-refractivity contribution in [2.75, 3.05) is 5.32 Å². The van der Waals surface area contributed by atoms with Crippen LogP contribution in [0.25, 0.3) is 0 Å². The molecule has 0 aromatic heterocycles. The number of hydrogen-bond acceptors (Lipinski definition) is 4. The van der Waals surface area contributed by atoms with Crippen LogP contribution in [0, 0.1) is 16.0 Å². The van der Waals surface area contributed by atoms with E-state index in [1.165, 1.54) is 23.3 Å². The van der Waals surface area contributed by atoms with Crippen LogP contribution in [0.15, 0.2) is 66.7 Å². The van der Waals surface area contributed by atoms with E-state index < -0.39 is 10.9 Å². The summed E-state index contributed by atoms with van der Waals surface area (Å²) >= 11 is 0. The van der Waals surface area contributed by atoms with Crippen LogP contribution in [0.2, 0.25) is 0 Å². The van der Waals surface area contributed by atoms with E-state index in [0.717, 1.165) is 17.5 Å². The van der Waals surface area contributed by atoms with Gasteiger partial charge < -0.3 is 10.4 Å². The van der Waals surface area contributed by atoms with Crippen LogP contribution in [0.4, 0.5) is 11.4 Å². The Morgan fingerprint density at radius 3 is 2.45 bits per heavy atom. The fraction of sp³-hybridized carbons (Fsp3) is 0.174. The summed E-state index contributed by atoms with van der Waals surface area (Å²) < 4.78 is 0. The van der Waals surface area contributed by atoms with E-state index in [1.54, 1.807) is 24.3 Å². The van der Waals surface area contributed by atoms with Crippen molar-refractivity contribution in [1.29, 1.82) is 0 Å². The van der Waals surface area contributed by atoms with Crippen LogP contribution >= 0.6 is 0 Å². The highest BCUT2D eigenvalue weighted by atomic mass is 16.6. The predicted molar refractivity (Wildman–Crippen MR) is 108 cm³/mol. The molecule has 0 bridgehead atoms. The Morgan fingerprint density at radius 1 is 1.00 bits per heavy atom. The van der Waals surface area contributed by atoms with Crippen LogP contribution < -0.4 is 5.32 Å². The molecule has 144 valence electrons. The first-order valence-corrected chi connectivity index (χ1v) is 9.49. The second-order valence-electron chi connectivity index (χ2n) is 7.59. The fourth-order valence-corrected chi connectivity index (χ4v) is 4.90. The normalized spacial score (nSPS) is 21.4. The quantitative estimate of drug-likeness (QED) is 0.500. The van der Waals surface area contributed by atoms with Gasteiger partial charge in [0.05, 0.1) is 22.2 Å². The number of non-ortho nitro benzene ring substituents is 1. The maximum Gasteiger partial charge on any atom is 0.337 e. The summed E-state index contributed by atoms with van der Waals surface area (Å²) in [5.41, 5.74) is 5.35. The summed E-state index contributed by atoms with van der Waals surface area (Å²) in [6.45, 7) is 0. The molecule has 5 rings (SSSR count). The maximum atomic E-state index is 11.9. The number of para-hydroxylation sites is 1. The van der Waals surface area contributed by atoms with Gasteiger partial charge in [-0.1, -0.05) is 48.5 Å². The molecule has 6 nitrogen and oxygen atoms in total. The summed E-state index contributed by atoms with van der Waals surface area (Å²) in [6.07, 6.45) is 0.867. The number of benzene rings is 3. The number of carboxylic acid groups (broad SMARTS) is 1. The van der Waals surface area contributed by atoms with Crippen molar-refractivity contribution in [3.63, 3.8) is 0 Å². The smallest absolute Gasteiger partial charge is 0.337 e. The summed E-state index contributed by atoms with van der Waals surface area (Å²) in [4.78, 5) is 22.5.